The first-order valence-electron chi connectivity index (χ1n) is 5.08. The molecule has 0 fully saturated rings. The Morgan fingerprint density at radius 2 is 2.38 bits per heavy atom. The quantitative estimate of drug-likeness (QED) is 0.757. The lowest BCUT2D eigenvalue weighted by Crippen LogP contribution is -2.27. The first-order valence-corrected chi connectivity index (χ1v) is 5.08. The largest absolute Gasteiger partial charge is 0.481 e. The van der Waals surface area contributed by atoms with Crippen LogP contribution in [0, 0.1) is 5.92 Å². The molecule has 1 rings (SSSR count). The van der Waals surface area contributed by atoms with E-state index in [-0.39, 0.29) is 17.9 Å². The summed E-state index contributed by atoms with van der Waals surface area (Å²) in [6.45, 7) is 4.16. The van der Waals surface area contributed by atoms with Crippen LogP contribution in [0.3, 0.4) is 0 Å². The zero-order chi connectivity index (χ0) is 12.1. The number of aliphatic carboxylic acids is 1. The number of carboxylic acids is 1. The van der Waals surface area contributed by atoms with Crippen molar-refractivity contribution in [2.24, 2.45) is 5.92 Å². The molecule has 0 aliphatic rings. The lowest BCUT2D eigenvalue weighted by molar-refractivity contribution is -0.140. The third-order valence-corrected chi connectivity index (χ3v) is 2.25. The van der Waals surface area contributed by atoms with Gasteiger partial charge in [-0.1, -0.05) is 6.92 Å². The fraction of sp³-hybridized carbons (Fsp3) is 0.500. The van der Waals surface area contributed by atoms with Gasteiger partial charge in [0.05, 0.1) is 5.92 Å². The molecule has 1 atom stereocenters. The summed E-state index contributed by atoms with van der Waals surface area (Å²) < 4.78 is 1.50. The lowest BCUT2D eigenvalue weighted by Gasteiger charge is -2.09. The first kappa shape index (κ1) is 12.2. The molecule has 16 heavy (non-hydrogen) atoms. The summed E-state index contributed by atoms with van der Waals surface area (Å²) in [7, 11) is 0. The molecule has 1 aromatic heterocycles. The molecule has 88 valence electrons. The van der Waals surface area contributed by atoms with Gasteiger partial charge in [-0.05, 0) is 6.92 Å². The molecule has 1 heterocycles. The Hall–Kier alpha value is -1.85. The van der Waals surface area contributed by atoms with Gasteiger partial charge in [0.1, 0.15) is 0 Å². The van der Waals surface area contributed by atoms with Crippen molar-refractivity contribution in [3.05, 3.63) is 22.7 Å². The molecule has 0 aliphatic carbocycles. The topological polar surface area (TPSA) is 84.2 Å². The molecule has 0 spiro atoms. The normalized spacial score (nSPS) is 12.1. The summed E-state index contributed by atoms with van der Waals surface area (Å²) in [5, 5.41) is 11.4. The average molecular weight is 225 g/mol. The molecule has 2 N–H and O–H groups in total. The van der Waals surface area contributed by atoms with E-state index in [0.717, 1.165) is 0 Å². The van der Waals surface area contributed by atoms with Crippen molar-refractivity contribution >= 4 is 11.8 Å². The van der Waals surface area contributed by atoms with E-state index >= 15 is 0 Å². The number of hydrogen-bond donors (Lipinski definition) is 2. The van der Waals surface area contributed by atoms with E-state index in [1.807, 2.05) is 6.92 Å². The number of carboxylic acid groups (broad SMARTS) is 1. The highest BCUT2D eigenvalue weighted by atomic mass is 16.4. The van der Waals surface area contributed by atoms with E-state index in [4.69, 9.17) is 5.11 Å². The molecule has 1 aromatic rings. The van der Waals surface area contributed by atoms with Crippen molar-refractivity contribution < 1.29 is 9.90 Å². The van der Waals surface area contributed by atoms with Crippen LogP contribution in [0.1, 0.15) is 13.8 Å². The molecule has 6 heteroatoms. The molecule has 0 bridgehead atoms. The minimum Gasteiger partial charge on any atom is -0.481 e. The molecule has 1 unspecified atom stereocenters. The number of aryl methyl sites for hydroxylation is 1. The van der Waals surface area contributed by atoms with E-state index in [1.165, 1.54) is 10.8 Å². The van der Waals surface area contributed by atoms with E-state index in [9.17, 15) is 9.59 Å². The van der Waals surface area contributed by atoms with Crippen molar-refractivity contribution in [3.63, 3.8) is 0 Å². The second-order valence-corrected chi connectivity index (χ2v) is 3.49. The molecule has 6 nitrogen and oxygen atoms in total. The minimum atomic E-state index is -0.903. The van der Waals surface area contributed by atoms with Gasteiger partial charge in [0.25, 0.3) is 5.56 Å². The predicted octanol–water partition coefficient (Wildman–Crippen LogP) is 0.396. The highest BCUT2D eigenvalue weighted by Gasteiger charge is 2.11. The number of hydrogen-bond acceptors (Lipinski definition) is 4. The van der Waals surface area contributed by atoms with Crippen LogP contribution in [0.4, 0.5) is 5.82 Å². The maximum absolute atomic E-state index is 11.7. The molecular formula is C10H15N3O3. The zero-order valence-corrected chi connectivity index (χ0v) is 9.30. The Kier molecular flexibility index (Phi) is 4.04. The molecule has 0 aliphatic heterocycles. The fourth-order valence-electron chi connectivity index (χ4n) is 1.15. The Morgan fingerprint density at radius 3 is 2.94 bits per heavy atom. The third-order valence-electron chi connectivity index (χ3n) is 2.25. The van der Waals surface area contributed by atoms with E-state index in [0.29, 0.717) is 6.54 Å². The van der Waals surface area contributed by atoms with Crippen LogP contribution >= 0.6 is 0 Å². The minimum absolute atomic E-state index is 0.186. The first-order chi connectivity index (χ1) is 7.56. The van der Waals surface area contributed by atoms with E-state index in [1.54, 1.807) is 13.1 Å². The maximum atomic E-state index is 11.7. The van der Waals surface area contributed by atoms with Gasteiger partial charge < -0.3 is 15.0 Å². The Bertz CT molecular complexity index is 428. The fourth-order valence-corrected chi connectivity index (χ4v) is 1.15. The summed E-state index contributed by atoms with van der Waals surface area (Å²) in [6, 6.07) is 0. The number of nitrogens with zero attached hydrogens (tertiary/aromatic N) is 2. The van der Waals surface area contributed by atoms with Gasteiger partial charge in [-0.2, -0.15) is 0 Å². The maximum Gasteiger partial charge on any atom is 0.308 e. The van der Waals surface area contributed by atoms with Gasteiger partial charge in [0.2, 0.25) is 0 Å². The number of aromatic nitrogens is 2. The second kappa shape index (κ2) is 5.29. The second-order valence-electron chi connectivity index (χ2n) is 3.49. The smallest absolute Gasteiger partial charge is 0.308 e. The van der Waals surface area contributed by atoms with E-state index in [2.05, 4.69) is 10.3 Å². The lowest BCUT2D eigenvalue weighted by atomic mass is 10.2. The summed E-state index contributed by atoms with van der Waals surface area (Å²) in [5.74, 6) is -1.27. The van der Waals surface area contributed by atoms with Crippen molar-refractivity contribution in [2.45, 2.75) is 20.4 Å². The number of nitrogens with one attached hydrogen (secondary N) is 1. The van der Waals surface area contributed by atoms with Gasteiger partial charge in [-0.15, -0.1) is 0 Å². The number of anilines is 1. The van der Waals surface area contributed by atoms with Crippen LogP contribution in [0.15, 0.2) is 17.2 Å². The van der Waals surface area contributed by atoms with Crippen LogP contribution in [0.25, 0.3) is 0 Å². The summed E-state index contributed by atoms with van der Waals surface area (Å²) in [6.07, 6.45) is 3.10. The summed E-state index contributed by atoms with van der Waals surface area (Å²) in [4.78, 5) is 26.1. The van der Waals surface area contributed by atoms with Gasteiger partial charge in [-0.25, -0.2) is 4.98 Å². The standard InChI is InChI=1S/C10H15N3O3/c1-3-13-5-4-11-8(9(13)14)12-6-7(2)10(15)16/h4-5,7H,3,6H2,1-2H3,(H,11,12)(H,15,16). The zero-order valence-electron chi connectivity index (χ0n) is 9.30. The van der Waals surface area contributed by atoms with E-state index < -0.39 is 11.9 Å². The Morgan fingerprint density at radius 1 is 1.69 bits per heavy atom. The predicted molar refractivity (Wildman–Crippen MR) is 59.5 cm³/mol. The van der Waals surface area contributed by atoms with Crippen molar-refractivity contribution in [1.82, 2.24) is 9.55 Å². The Labute approximate surface area is 92.9 Å². The number of carbonyl (C=O) groups is 1. The van der Waals surface area contributed by atoms with Crippen LogP contribution in [-0.2, 0) is 11.3 Å². The van der Waals surface area contributed by atoms with Crippen LogP contribution in [-0.4, -0.2) is 27.2 Å². The van der Waals surface area contributed by atoms with Crippen LogP contribution in [0.5, 0.6) is 0 Å². The van der Waals surface area contributed by atoms with Crippen molar-refractivity contribution in [1.29, 1.82) is 0 Å². The van der Waals surface area contributed by atoms with Crippen molar-refractivity contribution in [2.75, 3.05) is 11.9 Å². The Balaban J connectivity index is 2.75. The third kappa shape index (κ3) is 2.82. The van der Waals surface area contributed by atoms with Gasteiger partial charge >= 0.3 is 5.97 Å². The molecule has 0 radical (unpaired) electrons. The highest BCUT2D eigenvalue weighted by molar-refractivity contribution is 5.70. The SMILES string of the molecule is CCn1ccnc(NCC(C)C(=O)O)c1=O. The van der Waals surface area contributed by atoms with Crippen LogP contribution < -0.4 is 10.9 Å². The number of rotatable bonds is 5. The molecule has 0 aromatic carbocycles. The summed E-state index contributed by atoms with van der Waals surface area (Å²) >= 11 is 0. The van der Waals surface area contributed by atoms with Gasteiger partial charge in [0.15, 0.2) is 5.82 Å². The molecular weight excluding hydrogens is 210 g/mol. The van der Waals surface area contributed by atoms with Crippen molar-refractivity contribution in [3.8, 4) is 0 Å². The van der Waals surface area contributed by atoms with Crippen LogP contribution in [0.2, 0.25) is 0 Å². The van der Waals surface area contributed by atoms with Gasteiger partial charge in [0, 0.05) is 25.5 Å². The van der Waals surface area contributed by atoms with Gasteiger partial charge in [-0.3, -0.25) is 9.59 Å². The summed E-state index contributed by atoms with van der Waals surface area (Å²) in [5.41, 5.74) is -0.234. The highest BCUT2D eigenvalue weighted by Crippen LogP contribution is 1.98. The monoisotopic (exact) mass is 225 g/mol. The molecule has 0 amide bonds. The molecule has 0 saturated heterocycles. The average Bonchev–Trinajstić information content (AvgIpc) is 2.27. The molecule has 0 saturated carbocycles.